The summed E-state index contributed by atoms with van der Waals surface area (Å²) in [5, 5.41) is 2.96. The Morgan fingerprint density at radius 3 is 2.70 bits per heavy atom. The first-order valence-corrected chi connectivity index (χ1v) is 8.25. The van der Waals surface area contributed by atoms with E-state index in [9.17, 15) is 9.59 Å². The Morgan fingerprint density at radius 2 is 2.04 bits per heavy atom. The van der Waals surface area contributed by atoms with Gasteiger partial charge in [-0.05, 0) is 44.4 Å². The van der Waals surface area contributed by atoms with Crippen LogP contribution < -0.4 is 5.32 Å². The smallest absolute Gasteiger partial charge is 0.317 e. The Bertz CT molecular complexity index is 569. The van der Waals surface area contributed by atoms with Crippen molar-refractivity contribution in [3.63, 3.8) is 0 Å². The van der Waals surface area contributed by atoms with Gasteiger partial charge in [0.25, 0.3) is 5.91 Å². The van der Waals surface area contributed by atoms with Gasteiger partial charge in [-0.25, -0.2) is 4.79 Å². The standard InChI is InChI=1S/C18H27N3O2/c1-13(2)19-18(23)21-10-6-9-16(12-21)14-7-5-8-15(11-14)17(22)20(3)4/h5,7-8,11,13,16H,6,9-10,12H2,1-4H3,(H,19,23)/t16-/m0/s1. The number of nitrogens with one attached hydrogen (secondary N) is 1. The van der Waals surface area contributed by atoms with E-state index >= 15 is 0 Å². The Morgan fingerprint density at radius 1 is 1.30 bits per heavy atom. The molecule has 0 saturated carbocycles. The Balaban J connectivity index is 2.11. The molecule has 2 rings (SSSR count). The largest absolute Gasteiger partial charge is 0.345 e. The number of carbonyl (C=O) groups excluding carboxylic acids is 2. The molecule has 1 heterocycles. The Hall–Kier alpha value is -2.04. The van der Waals surface area contributed by atoms with Crippen molar-refractivity contribution in [1.29, 1.82) is 0 Å². The number of benzene rings is 1. The highest BCUT2D eigenvalue weighted by atomic mass is 16.2. The van der Waals surface area contributed by atoms with Crippen molar-refractivity contribution in [2.45, 2.75) is 38.6 Å². The third kappa shape index (κ3) is 4.47. The molecule has 1 aromatic rings. The van der Waals surface area contributed by atoms with E-state index in [1.54, 1.807) is 19.0 Å². The van der Waals surface area contributed by atoms with Gasteiger partial charge < -0.3 is 15.1 Å². The fourth-order valence-corrected chi connectivity index (χ4v) is 2.96. The fraction of sp³-hybridized carbons (Fsp3) is 0.556. The Kier molecular flexibility index (Phi) is 5.64. The minimum Gasteiger partial charge on any atom is -0.345 e. The minimum atomic E-state index is 0.00484. The van der Waals surface area contributed by atoms with Crippen molar-refractivity contribution in [3.8, 4) is 0 Å². The highest BCUT2D eigenvalue weighted by molar-refractivity contribution is 5.94. The second-order valence-electron chi connectivity index (χ2n) is 6.71. The van der Waals surface area contributed by atoms with Gasteiger partial charge in [0, 0.05) is 44.7 Å². The molecule has 5 nitrogen and oxygen atoms in total. The number of urea groups is 1. The lowest BCUT2D eigenvalue weighted by Gasteiger charge is -2.33. The number of amides is 3. The van der Waals surface area contributed by atoms with E-state index in [0.29, 0.717) is 12.1 Å². The van der Waals surface area contributed by atoms with Gasteiger partial charge in [-0.2, -0.15) is 0 Å². The van der Waals surface area contributed by atoms with Crippen molar-refractivity contribution in [1.82, 2.24) is 15.1 Å². The zero-order valence-electron chi connectivity index (χ0n) is 14.5. The van der Waals surface area contributed by atoms with Crippen LogP contribution in [0, 0.1) is 0 Å². The van der Waals surface area contributed by atoms with E-state index in [4.69, 9.17) is 0 Å². The number of piperidine rings is 1. The van der Waals surface area contributed by atoms with E-state index in [-0.39, 0.29) is 23.9 Å². The molecule has 0 radical (unpaired) electrons. The van der Waals surface area contributed by atoms with Crippen LogP contribution in [0.5, 0.6) is 0 Å². The topological polar surface area (TPSA) is 52.7 Å². The molecule has 1 aliphatic heterocycles. The van der Waals surface area contributed by atoms with E-state index in [2.05, 4.69) is 11.4 Å². The number of hydrogen-bond donors (Lipinski definition) is 1. The van der Waals surface area contributed by atoms with Crippen LogP contribution in [-0.4, -0.2) is 55.0 Å². The molecule has 1 fully saturated rings. The molecule has 0 bridgehead atoms. The van der Waals surface area contributed by atoms with Gasteiger partial charge >= 0.3 is 6.03 Å². The summed E-state index contributed by atoms with van der Waals surface area (Å²) in [6.07, 6.45) is 2.03. The van der Waals surface area contributed by atoms with Crippen molar-refractivity contribution in [2.75, 3.05) is 27.2 Å². The summed E-state index contributed by atoms with van der Waals surface area (Å²) in [5.74, 6) is 0.300. The maximum atomic E-state index is 12.2. The van der Waals surface area contributed by atoms with Crippen LogP contribution in [0.1, 0.15) is 48.5 Å². The summed E-state index contributed by atoms with van der Waals surface area (Å²) >= 11 is 0. The van der Waals surface area contributed by atoms with E-state index in [1.165, 1.54) is 0 Å². The summed E-state index contributed by atoms with van der Waals surface area (Å²) in [6.45, 7) is 5.44. The second kappa shape index (κ2) is 7.49. The third-order valence-electron chi connectivity index (χ3n) is 4.13. The average molecular weight is 317 g/mol. The predicted molar refractivity (Wildman–Crippen MR) is 91.7 cm³/mol. The van der Waals surface area contributed by atoms with E-state index < -0.39 is 0 Å². The van der Waals surface area contributed by atoms with Crippen molar-refractivity contribution in [2.24, 2.45) is 0 Å². The number of carbonyl (C=O) groups is 2. The number of hydrogen-bond acceptors (Lipinski definition) is 2. The van der Waals surface area contributed by atoms with Crippen molar-refractivity contribution < 1.29 is 9.59 Å². The van der Waals surface area contributed by atoms with Crippen LogP contribution >= 0.6 is 0 Å². The summed E-state index contributed by atoms with van der Waals surface area (Å²) < 4.78 is 0. The maximum absolute atomic E-state index is 12.2. The molecule has 1 aromatic carbocycles. The number of nitrogens with zero attached hydrogens (tertiary/aromatic N) is 2. The lowest BCUT2D eigenvalue weighted by Crippen LogP contribution is -2.47. The molecule has 0 unspecified atom stereocenters. The highest BCUT2D eigenvalue weighted by Crippen LogP contribution is 2.27. The van der Waals surface area contributed by atoms with Gasteiger partial charge in [0.1, 0.15) is 0 Å². The van der Waals surface area contributed by atoms with Gasteiger partial charge in [-0.1, -0.05) is 12.1 Å². The van der Waals surface area contributed by atoms with Gasteiger partial charge in [0.05, 0.1) is 0 Å². The number of likely N-dealkylation sites (tertiary alicyclic amines) is 1. The SMILES string of the molecule is CC(C)NC(=O)N1CCC[C@H](c2cccc(C(=O)N(C)C)c2)C1. The summed E-state index contributed by atoms with van der Waals surface area (Å²) in [6, 6.07) is 7.95. The molecule has 0 aromatic heterocycles. The second-order valence-corrected chi connectivity index (χ2v) is 6.71. The van der Waals surface area contributed by atoms with Gasteiger partial charge in [0.15, 0.2) is 0 Å². The minimum absolute atomic E-state index is 0.00484. The molecule has 5 heteroatoms. The van der Waals surface area contributed by atoms with Crippen LogP contribution in [-0.2, 0) is 0 Å². The van der Waals surface area contributed by atoms with E-state index in [0.717, 1.165) is 24.9 Å². The van der Waals surface area contributed by atoms with Crippen molar-refractivity contribution in [3.05, 3.63) is 35.4 Å². The molecule has 23 heavy (non-hydrogen) atoms. The van der Waals surface area contributed by atoms with Gasteiger partial charge in [-0.3, -0.25) is 4.79 Å². The van der Waals surface area contributed by atoms with Crippen molar-refractivity contribution >= 4 is 11.9 Å². The first kappa shape index (κ1) is 17.3. The lowest BCUT2D eigenvalue weighted by atomic mass is 9.89. The summed E-state index contributed by atoms with van der Waals surface area (Å²) in [5.41, 5.74) is 1.84. The Labute approximate surface area is 138 Å². The molecule has 0 spiro atoms. The predicted octanol–water partition coefficient (Wildman–Crippen LogP) is 2.69. The molecular formula is C18H27N3O2. The van der Waals surface area contributed by atoms with Gasteiger partial charge in [0.2, 0.25) is 0 Å². The first-order valence-electron chi connectivity index (χ1n) is 8.25. The molecular weight excluding hydrogens is 290 g/mol. The third-order valence-corrected chi connectivity index (χ3v) is 4.13. The van der Waals surface area contributed by atoms with Crippen LogP contribution in [0.4, 0.5) is 4.79 Å². The monoisotopic (exact) mass is 317 g/mol. The lowest BCUT2D eigenvalue weighted by molar-refractivity contribution is 0.0827. The quantitative estimate of drug-likeness (QED) is 0.932. The summed E-state index contributed by atoms with van der Waals surface area (Å²) in [4.78, 5) is 27.8. The average Bonchev–Trinajstić information content (AvgIpc) is 2.53. The summed E-state index contributed by atoms with van der Waals surface area (Å²) in [7, 11) is 3.52. The van der Waals surface area contributed by atoms with Crippen LogP contribution in [0.3, 0.4) is 0 Å². The molecule has 1 aliphatic rings. The molecule has 3 amide bonds. The maximum Gasteiger partial charge on any atom is 0.317 e. The molecule has 1 atom stereocenters. The first-order chi connectivity index (χ1) is 10.9. The molecule has 1 N–H and O–H groups in total. The molecule has 0 aliphatic carbocycles. The van der Waals surface area contributed by atoms with Crippen LogP contribution in [0.2, 0.25) is 0 Å². The zero-order chi connectivity index (χ0) is 17.0. The molecule has 1 saturated heterocycles. The fourth-order valence-electron chi connectivity index (χ4n) is 2.96. The zero-order valence-corrected chi connectivity index (χ0v) is 14.5. The van der Waals surface area contributed by atoms with E-state index in [1.807, 2.05) is 36.9 Å². The van der Waals surface area contributed by atoms with Gasteiger partial charge in [-0.15, -0.1) is 0 Å². The molecule has 126 valence electrons. The number of rotatable bonds is 3. The normalized spacial score (nSPS) is 18.0. The van der Waals surface area contributed by atoms with Crippen LogP contribution in [0.25, 0.3) is 0 Å². The highest BCUT2D eigenvalue weighted by Gasteiger charge is 2.25. The van der Waals surface area contributed by atoms with Crippen LogP contribution in [0.15, 0.2) is 24.3 Å².